The molecule has 1 aromatic carbocycles. The maximum absolute atomic E-state index is 13.4. The molecule has 0 spiro atoms. The summed E-state index contributed by atoms with van der Waals surface area (Å²) in [6.07, 6.45) is 7.41. The van der Waals surface area contributed by atoms with Gasteiger partial charge in [0.2, 0.25) is 0 Å². The molecule has 0 aliphatic rings. The first-order valence-electron chi connectivity index (χ1n) is 7.06. The van der Waals surface area contributed by atoms with E-state index >= 15 is 0 Å². The second kappa shape index (κ2) is 8.12. The van der Waals surface area contributed by atoms with Crippen LogP contribution in [0.15, 0.2) is 18.2 Å². The van der Waals surface area contributed by atoms with E-state index in [2.05, 4.69) is 13.8 Å². The highest BCUT2D eigenvalue weighted by Gasteiger charge is 2.12. The Bertz CT molecular complexity index is 349. The number of ether oxygens (including phenoxy) is 1. The summed E-state index contributed by atoms with van der Waals surface area (Å²) in [6, 6.07) is 5.26. The minimum atomic E-state index is -0.276. The molecular weight excluding hydrogens is 227 g/mol. The fourth-order valence-electron chi connectivity index (χ4n) is 2.35. The van der Waals surface area contributed by atoms with E-state index in [1.54, 1.807) is 0 Å². The predicted octanol–water partition coefficient (Wildman–Crippen LogP) is 5.30. The van der Waals surface area contributed by atoms with Gasteiger partial charge in [0.15, 0.2) is 11.6 Å². The van der Waals surface area contributed by atoms with E-state index in [4.69, 9.17) is 4.74 Å². The maximum Gasteiger partial charge on any atom is 0.165 e. The van der Waals surface area contributed by atoms with Gasteiger partial charge in [0.1, 0.15) is 0 Å². The van der Waals surface area contributed by atoms with Gasteiger partial charge in [0.25, 0.3) is 0 Å². The molecule has 0 aliphatic heterocycles. The van der Waals surface area contributed by atoms with Crippen molar-refractivity contribution in [2.24, 2.45) is 0 Å². The lowest BCUT2D eigenvalue weighted by Crippen LogP contribution is -1.99. The predicted molar refractivity (Wildman–Crippen MR) is 74.7 cm³/mol. The van der Waals surface area contributed by atoms with E-state index in [-0.39, 0.29) is 5.82 Å². The van der Waals surface area contributed by atoms with Gasteiger partial charge >= 0.3 is 0 Å². The summed E-state index contributed by atoms with van der Waals surface area (Å²) in [6.45, 7) is 4.42. The lowest BCUT2D eigenvalue weighted by Gasteiger charge is -2.16. The monoisotopic (exact) mass is 252 g/mol. The third-order valence-electron chi connectivity index (χ3n) is 3.55. The van der Waals surface area contributed by atoms with E-state index in [1.165, 1.54) is 50.8 Å². The zero-order valence-corrected chi connectivity index (χ0v) is 11.8. The zero-order chi connectivity index (χ0) is 13.4. The molecule has 1 aromatic rings. The quantitative estimate of drug-likeness (QED) is 0.570. The van der Waals surface area contributed by atoms with Gasteiger partial charge in [0, 0.05) is 0 Å². The topological polar surface area (TPSA) is 9.23 Å². The van der Waals surface area contributed by atoms with Crippen LogP contribution in [0, 0.1) is 5.82 Å². The van der Waals surface area contributed by atoms with Crippen LogP contribution in [0.3, 0.4) is 0 Å². The molecule has 0 amide bonds. The molecule has 0 heterocycles. The Kier molecular flexibility index (Phi) is 6.77. The van der Waals surface area contributed by atoms with Crippen molar-refractivity contribution >= 4 is 0 Å². The maximum atomic E-state index is 13.4. The molecule has 1 nitrogen and oxygen atoms in total. The Hall–Kier alpha value is -1.05. The van der Waals surface area contributed by atoms with E-state index in [0.717, 1.165) is 6.42 Å². The van der Waals surface area contributed by atoms with E-state index in [1.807, 2.05) is 12.1 Å². The summed E-state index contributed by atoms with van der Waals surface area (Å²) in [5.74, 6) is 0.609. The standard InChI is InChI=1S/C16H25FO/c1-4-6-7-8-9-13(5-2)14-10-11-15(17)16(12-14)18-3/h10-13H,4-9H2,1-3H3. The van der Waals surface area contributed by atoms with Gasteiger partial charge in [-0.05, 0) is 36.5 Å². The first-order valence-corrected chi connectivity index (χ1v) is 7.06. The smallest absolute Gasteiger partial charge is 0.165 e. The summed E-state index contributed by atoms with van der Waals surface area (Å²) in [7, 11) is 1.52. The van der Waals surface area contributed by atoms with Crippen LogP contribution in [0.2, 0.25) is 0 Å². The van der Waals surface area contributed by atoms with Gasteiger partial charge < -0.3 is 4.74 Å². The molecule has 1 atom stereocenters. The van der Waals surface area contributed by atoms with E-state index in [9.17, 15) is 4.39 Å². The number of rotatable bonds is 8. The Morgan fingerprint density at radius 3 is 2.56 bits per heavy atom. The fourth-order valence-corrected chi connectivity index (χ4v) is 2.35. The van der Waals surface area contributed by atoms with Crippen molar-refractivity contribution in [3.8, 4) is 5.75 Å². The molecule has 102 valence electrons. The first-order chi connectivity index (χ1) is 8.72. The molecule has 0 bridgehead atoms. The molecular formula is C16H25FO. The molecule has 0 N–H and O–H groups in total. The lowest BCUT2D eigenvalue weighted by atomic mass is 9.90. The van der Waals surface area contributed by atoms with Crippen LogP contribution >= 0.6 is 0 Å². The van der Waals surface area contributed by atoms with Gasteiger partial charge in [-0.25, -0.2) is 4.39 Å². The van der Waals surface area contributed by atoms with Crippen molar-refractivity contribution in [3.63, 3.8) is 0 Å². The Balaban J connectivity index is 2.63. The average Bonchev–Trinajstić information content (AvgIpc) is 2.40. The number of benzene rings is 1. The molecule has 18 heavy (non-hydrogen) atoms. The third-order valence-corrected chi connectivity index (χ3v) is 3.55. The molecule has 0 saturated heterocycles. The van der Waals surface area contributed by atoms with Gasteiger partial charge in [-0.15, -0.1) is 0 Å². The summed E-state index contributed by atoms with van der Waals surface area (Å²) in [4.78, 5) is 0. The highest BCUT2D eigenvalue weighted by Crippen LogP contribution is 2.29. The van der Waals surface area contributed by atoms with Crippen molar-refractivity contribution in [1.29, 1.82) is 0 Å². The highest BCUT2D eigenvalue weighted by atomic mass is 19.1. The lowest BCUT2D eigenvalue weighted by molar-refractivity contribution is 0.385. The summed E-state index contributed by atoms with van der Waals surface area (Å²) in [5.41, 5.74) is 1.20. The van der Waals surface area contributed by atoms with Crippen molar-refractivity contribution in [3.05, 3.63) is 29.6 Å². The highest BCUT2D eigenvalue weighted by molar-refractivity contribution is 5.32. The molecule has 0 fully saturated rings. The molecule has 1 rings (SSSR count). The summed E-state index contributed by atoms with van der Waals surface area (Å²) >= 11 is 0. The Labute approximate surface area is 110 Å². The largest absolute Gasteiger partial charge is 0.494 e. The van der Waals surface area contributed by atoms with Crippen molar-refractivity contribution in [2.45, 2.75) is 58.3 Å². The van der Waals surface area contributed by atoms with Crippen LogP contribution < -0.4 is 4.74 Å². The van der Waals surface area contributed by atoms with Gasteiger partial charge in [-0.3, -0.25) is 0 Å². The second-order valence-electron chi connectivity index (χ2n) is 4.85. The number of unbranched alkanes of at least 4 members (excludes halogenated alkanes) is 3. The van der Waals surface area contributed by atoms with Crippen molar-refractivity contribution < 1.29 is 9.13 Å². The minimum absolute atomic E-state index is 0.276. The number of methoxy groups -OCH3 is 1. The SMILES string of the molecule is CCCCCCC(CC)c1ccc(F)c(OC)c1. The molecule has 0 aliphatic carbocycles. The van der Waals surface area contributed by atoms with Gasteiger partial charge in [-0.2, -0.15) is 0 Å². The van der Waals surface area contributed by atoms with Crippen LogP contribution in [0.1, 0.15) is 63.9 Å². The fraction of sp³-hybridized carbons (Fsp3) is 0.625. The van der Waals surface area contributed by atoms with Crippen LogP contribution in [0.25, 0.3) is 0 Å². The summed E-state index contributed by atoms with van der Waals surface area (Å²) < 4.78 is 18.4. The van der Waals surface area contributed by atoms with Crippen LogP contribution in [-0.2, 0) is 0 Å². The average molecular weight is 252 g/mol. The Morgan fingerprint density at radius 1 is 1.17 bits per heavy atom. The summed E-state index contributed by atoms with van der Waals surface area (Å²) in [5, 5.41) is 0. The normalized spacial score (nSPS) is 12.4. The van der Waals surface area contributed by atoms with Gasteiger partial charge in [-0.1, -0.05) is 45.6 Å². The minimum Gasteiger partial charge on any atom is -0.494 e. The van der Waals surface area contributed by atoms with Crippen LogP contribution in [0.5, 0.6) is 5.75 Å². The number of hydrogen-bond donors (Lipinski definition) is 0. The molecule has 0 saturated carbocycles. The van der Waals surface area contributed by atoms with Gasteiger partial charge in [0.05, 0.1) is 7.11 Å². The van der Waals surface area contributed by atoms with Crippen molar-refractivity contribution in [2.75, 3.05) is 7.11 Å². The van der Waals surface area contributed by atoms with Crippen molar-refractivity contribution in [1.82, 2.24) is 0 Å². The molecule has 0 aromatic heterocycles. The first kappa shape index (κ1) is 15.0. The van der Waals surface area contributed by atoms with Crippen LogP contribution in [0.4, 0.5) is 4.39 Å². The number of halogens is 1. The number of hydrogen-bond acceptors (Lipinski definition) is 1. The zero-order valence-electron chi connectivity index (χ0n) is 11.8. The second-order valence-corrected chi connectivity index (χ2v) is 4.85. The molecule has 2 heteroatoms. The molecule has 1 unspecified atom stereocenters. The van der Waals surface area contributed by atoms with E-state index < -0.39 is 0 Å². The third kappa shape index (κ3) is 4.32. The van der Waals surface area contributed by atoms with Crippen LogP contribution in [-0.4, -0.2) is 7.11 Å². The Morgan fingerprint density at radius 2 is 1.94 bits per heavy atom. The molecule has 0 radical (unpaired) electrons. The van der Waals surface area contributed by atoms with E-state index in [0.29, 0.717) is 11.7 Å².